The van der Waals surface area contributed by atoms with Crippen LogP contribution in [0.15, 0.2) is 41.3 Å². The van der Waals surface area contributed by atoms with Crippen LogP contribution < -0.4 is 4.74 Å². The van der Waals surface area contributed by atoms with Gasteiger partial charge in [-0.15, -0.1) is 0 Å². The van der Waals surface area contributed by atoms with Crippen molar-refractivity contribution in [1.29, 1.82) is 0 Å². The topological polar surface area (TPSA) is 76.8 Å². The summed E-state index contributed by atoms with van der Waals surface area (Å²) in [7, 11) is -2.38. The highest BCUT2D eigenvalue weighted by Crippen LogP contribution is 2.37. The van der Waals surface area contributed by atoms with Gasteiger partial charge in [-0.05, 0) is 50.1 Å². The molecule has 0 unspecified atom stereocenters. The number of aryl methyl sites for hydroxylation is 1. The zero-order chi connectivity index (χ0) is 21.7. The average molecular weight is 440 g/mol. The molecule has 0 radical (unpaired) electrons. The minimum atomic E-state index is -4.61. The van der Waals surface area contributed by atoms with Gasteiger partial charge >= 0.3 is 6.18 Å². The maximum Gasteiger partial charge on any atom is 0.433 e. The molecular weight excluding hydrogens is 421 g/mol. The minimum absolute atomic E-state index is 0.0334. The second kappa shape index (κ2) is 7.24. The number of fused-ring (bicyclic) bond motifs is 1. The molecule has 1 atom stereocenters. The number of hydrogen-bond donors (Lipinski definition) is 0. The van der Waals surface area contributed by atoms with Crippen molar-refractivity contribution in [3.63, 3.8) is 0 Å². The normalized spacial score (nSPS) is 18.2. The van der Waals surface area contributed by atoms with E-state index in [9.17, 15) is 21.6 Å². The van der Waals surface area contributed by atoms with Crippen LogP contribution in [0.1, 0.15) is 36.0 Å². The van der Waals surface area contributed by atoms with Crippen LogP contribution in [-0.4, -0.2) is 41.0 Å². The second-order valence-corrected chi connectivity index (χ2v) is 8.96. The molecule has 7 nitrogen and oxygen atoms in total. The molecule has 0 N–H and O–H groups in total. The van der Waals surface area contributed by atoms with E-state index in [0.29, 0.717) is 18.6 Å². The van der Waals surface area contributed by atoms with Gasteiger partial charge in [-0.25, -0.2) is 17.9 Å². The van der Waals surface area contributed by atoms with Gasteiger partial charge in [0.15, 0.2) is 5.65 Å². The van der Waals surface area contributed by atoms with Crippen molar-refractivity contribution in [3.8, 4) is 5.75 Å². The van der Waals surface area contributed by atoms with E-state index >= 15 is 0 Å². The number of alkyl halides is 3. The Morgan fingerprint density at radius 1 is 1.17 bits per heavy atom. The van der Waals surface area contributed by atoms with Gasteiger partial charge in [-0.3, -0.25) is 0 Å². The lowest BCUT2D eigenvalue weighted by atomic mass is 10.2. The first-order valence-corrected chi connectivity index (χ1v) is 10.7. The number of benzene rings is 1. The third-order valence-electron chi connectivity index (χ3n) is 5.08. The molecule has 3 aromatic rings. The maximum atomic E-state index is 13.4. The monoisotopic (exact) mass is 440 g/mol. The van der Waals surface area contributed by atoms with E-state index in [2.05, 4.69) is 10.1 Å². The summed E-state index contributed by atoms with van der Waals surface area (Å²) in [5.74, 6) is 0.522. The summed E-state index contributed by atoms with van der Waals surface area (Å²) in [6, 6.07) is 7.66. The van der Waals surface area contributed by atoms with Crippen molar-refractivity contribution in [2.24, 2.45) is 0 Å². The molecule has 0 bridgehead atoms. The number of methoxy groups -OCH3 is 1. The van der Waals surface area contributed by atoms with Gasteiger partial charge < -0.3 is 4.74 Å². The molecule has 0 spiro atoms. The Labute approximate surface area is 171 Å². The van der Waals surface area contributed by atoms with Gasteiger partial charge in [0.1, 0.15) is 11.4 Å². The Kier molecular flexibility index (Phi) is 4.97. The van der Waals surface area contributed by atoms with E-state index in [4.69, 9.17) is 4.74 Å². The minimum Gasteiger partial charge on any atom is -0.497 e. The van der Waals surface area contributed by atoms with Crippen LogP contribution in [0.3, 0.4) is 0 Å². The summed E-state index contributed by atoms with van der Waals surface area (Å²) in [5.41, 5.74) is -0.464. The number of ether oxygens (including phenoxy) is 1. The number of nitrogens with zero attached hydrogens (tertiary/aromatic N) is 4. The molecule has 0 aliphatic carbocycles. The molecule has 3 heterocycles. The largest absolute Gasteiger partial charge is 0.497 e. The molecule has 4 rings (SSSR count). The molecular formula is C19H19F3N4O3S. The van der Waals surface area contributed by atoms with Crippen molar-refractivity contribution in [2.45, 2.75) is 36.9 Å². The zero-order valence-electron chi connectivity index (χ0n) is 16.2. The molecule has 1 aliphatic rings. The third-order valence-corrected chi connectivity index (χ3v) is 7.00. The average Bonchev–Trinajstić information content (AvgIpc) is 3.33. The van der Waals surface area contributed by atoms with Crippen LogP contribution in [0, 0.1) is 6.92 Å². The Bertz CT molecular complexity index is 1190. The summed E-state index contributed by atoms with van der Waals surface area (Å²) < 4.78 is 73.7. The molecule has 2 aromatic heterocycles. The standard InChI is InChI=1S/C19H19F3N4O3S/c1-12-10-17(19(20,21)22)26-18(23-12)11-15(24-26)16-4-3-9-25(16)30(27,28)14-7-5-13(29-2)6-8-14/h5-8,10-11,16H,3-4,9H2,1-2H3/t16-/m0/s1. The van der Waals surface area contributed by atoms with E-state index in [-0.39, 0.29) is 28.5 Å². The van der Waals surface area contributed by atoms with E-state index in [0.717, 1.165) is 10.6 Å². The number of halogens is 3. The number of rotatable bonds is 4. The first kappa shape index (κ1) is 20.6. The highest BCUT2D eigenvalue weighted by molar-refractivity contribution is 7.89. The molecule has 1 saturated heterocycles. The summed E-state index contributed by atoms with van der Waals surface area (Å²) in [6.07, 6.45) is -3.58. The SMILES string of the molecule is COc1ccc(S(=O)(=O)N2CCC[C@H]2c2cc3nc(C)cc(C(F)(F)F)n3n2)cc1. The van der Waals surface area contributed by atoms with Crippen LogP contribution in [0.4, 0.5) is 13.2 Å². The lowest BCUT2D eigenvalue weighted by Gasteiger charge is -2.22. The molecule has 0 saturated carbocycles. The van der Waals surface area contributed by atoms with Crippen molar-refractivity contribution >= 4 is 15.7 Å². The highest BCUT2D eigenvalue weighted by Gasteiger charge is 2.39. The Morgan fingerprint density at radius 2 is 1.87 bits per heavy atom. The van der Waals surface area contributed by atoms with Crippen LogP contribution in [-0.2, 0) is 16.2 Å². The first-order valence-electron chi connectivity index (χ1n) is 9.21. The summed E-state index contributed by atoms with van der Waals surface area (Å²) in [6.45, 7) is 1.73. The van der Waals surface area contributed by atoms with Gasteiger partial charge in [0.25, 0.3) is 0 Å². The first-order chi connectivity index (χ1) is 14.1. The molecule has 0 amide bonds. The van der Waals surface area contributed by atoms with Crippen LogP contribution in [0.5, 0.6) is 5.75 Å². The fraction of sp³-hybridized carbons (Fsp3) is 0.368. The lowest BCUT2D eigenvalue weighted by Crippen LogP contribution is -2.31. The zero-order valence-corrected chi connectivity index (χ0v) is 17.0. The molecule has 1 aliphatic heterocycles. The number of hydrogen-bond acceptors (Lipinski definition) is 5. The summed E-state index contributed by atoms with van der Waals surface area (Å²) >= 11 is 0. The predicted octanol–water partition coefficient (Wildman–Crippen LogP) is 3.59. The van der Waals surface area contributed by atoms with Crippen molar-refractivity contribution in [1.82, 2.24) is 18.9 Å². The van der Waals surface area contributed by atoms with Crippen LogP contribution in [0.25, 0.3) is 5.65 Å². The van der Waals surface area contributed by atoms with Gasteiger partial charge in [0, 0.05) is 18.3 Å². The summed E-state index contributed by atoms with van der Waals surface area (Å²) in [4.78, 5) is 4.21. The highest BCUT2D eigenvalue weighted by atomic mass is 32.2. The van der Waals surface area contributed by atoms with E-state index in [1.54, 1.807) is 12.1 Å². The van der Waals surface area contributed by atoms with Gasteiger partial charge in [-0.1, -0.05) is 0 Å². The Morgan fingerprint density at radius 3 is 2.50 bits per heavy atom. The van der Waals surface area contributed by atoms with Crippen LogP contribution >= 0.6 is 0 Å². The van der Waals surface area contributed by atoms with Crippen molar-refractivity contribution in [2.75, 3.05) is 13.7 Å². The van der Waals surface area contributed by atoms with Gasteiger partial charge in [-0.2, -0.15) is 22.6 Å². The number of aromatic nitrogens is 3. The quantitative estimate of drug-likeness (QED) is 0.620. The van der Waals surface area contributed by atoms with E-state index in [1.165, 1.54) is 36.5 Å². The van der Waals surface area contributed by atoms with Crippen molar-refractivity contribution in [3.05, 3.63) is 53.5 Å². The Hall–Kier alpha value is -2.66. The van der Waals surface area contributed by atoms with E-state index in [1.807, 2.05) is 0 Å². The molecule has 30 heavy (non-hydrogen) atoms. The molecule has 1 fully saturated rings. The van der Waals surface area contributed by atoms with Gasteiger partial charge in [0.05, 0.1) is 23.7 Å². The lowest BCUT2D eigenvalue weighted by molar-refractivity contribution is -0.142. The maximum absolute atomic E-state index is 13.4. The predicted molar refractivity (Wildman–Crippen MR) is 102 cm³/mol. The van der Waals surface area contributed by atoms with Crippen molar-refractivity contribution < 1.29 is 26.3 Å². The fourth-order valence-corrected chi connectivity index (χ4v) is 5.36. The molecule has 1 aromatic carbocycles. The molecule has 160 valence electrons. The van der Waals surface area contributed by atoms with Crippen LogP contribution in [0.2, 0.25) is 0 Å². The van der Waals surface area contributed by atoms with Gasteiger partial charge in [0.2, 0.25) is 10.0 Å². The van der Waals surface area contributed by atoms with E-state index < -0.39 is 27.9 Å². The fourth-order valence-electron chi connectivity index (χ4n) is 3.69. The third kappa shape index (κ3) is 3.52. The number of sulfonamides is 1. The summed E-state index contributed by atoms with van der Waals surface area (Å²) in [5, 5.41) is 4.10. The smallest absolute Gasteiger partial charge is 0.433 e. The second-order valence-electron chi connectivity index (χ2n) is 7.07. The molecule has 11 heteroatoms. The Balaban J connectivity index is 1.75.